The molecule has 0 fully saturated rings. The number of fused-ring (bicyclic) bond motifs is 2. The molecule has 0 saturated heterocycles. The van der Waals surface area contributed by atoms with Crippen molar-refractivity contribution in [3.05, 3.63) is 48.0 Å². The highest BCUT2D eigenvalue weighted by Crippen LogP contribution is 2.47. The fourth-order valence-corrected chi connectivity index (χ4v) is 2.81. The van der Waals surface area contributed by atoms with Crippen LogP contribution in [-0.4, -0.2) is 5.91 Å². The van der Waals surface area contributed by atoms with Gasteiger partial charge in [-0.25, -0.2) is 0 Å². The fraction of sp³-hybridized carbons (Fsp3) is 0. The van der Waals surface area contributed by atoms with E-state index in [4.69, 9.17) is 10.5 Å². The predicted molar refractivity (Wildman–Crippen MR) is 65.6 cm³/mol. The average Bonchev–Trinajstić information content (AvgIpc) is 2.35. The minimum Gasteiger partial charge on any atom is -0.455 e. The number of ether oxygens (including phenoxy) is 1. The second-order valence-electron chi connectivity index (χ2n) is 3.65. The van der Waals surface area contributed by atoms with Crippen LogP contribution in [0.25, 0.3) is 0 Å². The van der Waals surface area contributed by atoms with Gasteiger partial charge in [-0.15, -0.1) is 0 Å². The van der Waals surface area contributed by atoms with E-state index in [0.29, 0.717) is 11.3 Å². The average molecular weight is 243 g/mol. The molecule has 0 aromatic heterocycles. The normalized spacial score (nSPS) is 12.2. The Kier molecular flexibility index (Phi) is 2.30. The van der Waals surface area contributed by atoms with Gasteiger partial charge < -0.3 is 10.5 Å². The van der Waals surface area contributed by atoms with Gasteiger partial charge in [0.1, 0.15) is 11.5 Å². The van der Waals surface area contributed by atoms with Crippen LogP contribution >= 0.6 is 11.8 Å². The second kappa shape index (κ2) is 3.82. The molecular formula is C13H9NO2S. The molecule has 2 aromatic rings. The smallest absolute Gasteiger partial charge is 0.249 e. The van der Waals surface area contributed by atoms with Crippen molar-refractivity contribution in [1.29, 1.82) is 0 Å². The van der Waals surface area contributed by atoms with Crippen molar-refractivity contribution in [3.8, 4) is 11.5 Å². The highest BCUT2D eigenvalue weighted by molar-refractivity contribution is 7.99. The summed E-state index contributed by atoms with van der Waals surface area (Å²) < 4.78 is 5.74. The van der Waals surface area contributed by atoms with Crippen LogP contribution in [0, 0.1) is 0 Å². The Morgan fingerprint density at radius 2 is 1.82 bits per heavy atom. The van der Waals surface area contributed by atoms with Crippen LogP contribution in [0.4, 0.5) is 0 Å². The van der Waals surface area contributed by atoms with E-state index in [9.17, 15) is 4.79 Å². The SMILES string of the molecule is NC(=O)c1cccc2c1Sc1ccccc1O2. The molecule has 1 heterocycles. The predicted octanol–water partition coefficient (Wildman–Crippen LogP) is 3.04. The van der Waals surface area contributed by atoms with Gasteiger partial charge in [-0.1, -0.05) is 30.0 Å². The maximum absolute atomic E-state index is 11.3. The van der Waals surface area contributed by atoms with Gasteiger partial charge in [0.15, 0.2) is 0 Å². The monoisotopic (exact) mass is 243 g/mol. The van der Waals surface area contributed by atoms with E-state index in [1.165, 1.54) is 11.8 Å². The van der Waals surface area contributed by atoms with E-state index in [1.54, 1.807) is 12.1 Å². The molecule has 0 atom stereocenters. The van der Waals surface area contributed by atoms with Crippen molar-refractivity contribution in [3.63, 3.8) is 0 Å². The van der Waals surface area contributed by atoms with Gasteiger partial charge in [-0.2, -0.15) is 0 Å². The van der Waals surface area contributed by atoms with E-state index in [-0.39, 0.29) is 0 Å². The second-order valence-corrected chi connectivity index (χ2v) is 4.70. The van der Waals surface area contributed by atoms with E-state index in [0.717, 1.165) is 15.5 Å². The maximum Gasteiger partial charge on any atom is 0.249 e. The molecule has 4 heteroatoms. The molecule has 3 nitrogen and oxygen atoms in total. The summed E-state index contributed by atoms with van der Waals surface area (Å²) in [5.41, 5.74) is 5.85. The van der Waals surface area contributed by atoms with Crippen molar-refractivity contribution < 1.29 is 9.53 Å². The van der Waals surface area contributed by atoms with Gasteiger partial charge in [-0.05, 0) is 24.3 Å². The molecule has 0 bridgehead atoms. The summed E-state index contributed by atoms with van der Waals surface area (Å²) in [5.74, 6) is 1.06. The molecule has 1 amide bonds. The third-order valence-electron chi connectivity index (χ3n) is 2.53. The van der Waals surface area contributed by atoms with Gasteiger partial charge in [0.25, 0.3) is 0 Å². The van der Waals surface area contributed by atoms with Gasteiger partial charge in [0.05, 0.1) is 15.4 Å². The summed E-state index contributed by atoms with van der Waals surface area (Å²) in [6.45, 7) is 0. The number of rotatable bonds is 1. The number of benzene rings is 2. The third-order valence-corrected chi connectivity index (χ3v) is 3.71. The summed E-state index contributed by atoms with van der Waals surface area (Å²) >= 11 is 1.51. The van der Waals surface area contributed by atoms with Crippen LogP contribution in [0.15, 0.2) is 52.3 Å². The third kappa shape index (κ3) is 1.66. The summed E-state index contributed by atoms with van der Waals surface area (Å²) in [4.78, 5) is 13.1. The molecule has 84 valence electrons. The molecule has 1 aliphatic rings. The summed E-state index contributed by atoms with van der Waals surface area (Å²) in [6, 6.07) is 13.0. The molecule has 2 aromatic carbocycles. The summed E-state index contributed by atoms with van der Waals surface area (Å²) in [5, 5.41) is 0. The largest absolute Gasteiger partial charge is 0.455 e. The number of hydrogen-bond donors (Lipinski definition) is 1. The first-order chi connectivity index (χ1) is 8.25. The maximum atomic E-state index is 11.3. The number of hydrogen-bond acceptors (Lipinski definition) is 3. The lowest BCUT2D eigenvalue weighted by molar-refractivity contribution is 0.0997. The molecular weight excluding hydrogens is 234 g/mol. The Morgan fingerprint density at radius 3 is 2.65 bits per heavy atom. The molecule has 0 saturated carbocycles. The summed E-state index contributed by atoms with van der Waals surface area (Å²) in [6.07, 6.45) is 0. The minimum absolute atomic E-state index is 0.433. The van der Waals surface area contributed by atoms with Gasteiger partial charge in [-0.3, -0.25) is 4.79 Å². The first-order valence-corrected chi connectivity index (χ1v) is 5.95. The molecule has 0 radical (unpaired) electrons. The number of nitrogens with two attached hydrogens (primary N) is 1. The quantitative estimate of drug-likeness (QED) is 0.714. The zero-order chi connectivity index (χ0) is 11.8. The Bertz CT molecular complexity index is 610. The van der Waals surface area contributed by atoms with E-state index in [1.807, 2.05) is 30.3 Å². The van der Waals surface area contributed by atoms with Crippen molar-refractivity contribution >= 4 is 17.7 Å². The van der Waals surface area contributed by atoms with E-state index >= 15 is 0 Å². The lowest BCUT2D eigenvalue weighted by Crippen LogP contribution is -2.13. The highest BCUT2D eigenvalue weighted by Gasteiger charge is 2.21. The van der Waals surface area contributed by atoms with Crippen LogP contribution < -0.4 is 10.5 Å². The Morgan fingerprint density at radius 1 is 1.06 bits per heavy atom. The lowest BCUT2D eigenvalue weighted by Gasteiger charge is -2.20. The van der Waals surface area contributed by atoms with Crippen LogP contribution in [0.2, 0.25) is 0 Å². The van der Waals surface area contributed by atoms with Gasteiger partial charge in [0.2, 0.25) is 5.91 Å². The zero-order valence-electron chi connectivity index (χ0n) is 8.84. The van der Waals surface area contributed by atoms with Crippen molar-refractivity contribution in [2.24, 2.45) is 5.73 Å². The van der Waals surface area contributed by atoms with Gasteiger partial charge >= 0.3 is 0 Å². The lowest BCUT2D eigenvalue weighted by atomic mass is 10.2. The molecule has 0 aliphatic carbocycles. The van der Waals surface area contributed by atoms with E-state index in [2.05, 4.69) is 0 Å². The molecule has 2 N–H and O–H groups in total. The molecule has 0 unspecified atom stereocenters. The highest BCUT2D eigenvalue weighted by atomic mass is 32.2. The van der Waals surface area contributed by atoms with E-state index < -0.39 is 5.91 Å². The Balaban J connectivity index is 2.15. The fourth-order valence-electron chi connectivity index (χ4n) is 1.74. The molecule has 1 aliphatic heterocycles. The van der Waals surface area contributed by atoms with Crippen molar-refractivity contribution in [1.82, 2.24) is 0 Å². The molecule has 0 spiro atoms. The number of amides is 1. The first-order valence-electron chi connectivity index (χ1n) is 5.13. The van der Waals surface area contributed by atoms with Crippen molar-refractivity contribution in [2.45, 2.75) is 9.79 Å². The molecule has 3 rings (SSSR count). The van der Waals surface area contributed by atoms with Gasteiger partial charge in [0, 0.05) is 0 Å². The Hall–Kier alpha value is -1.94. The Labute approximate surface area is 103 Å². The topological polar surface area (TPSA) is 52.3 Å². The first kappa shape index (κ1) is 10.2. The number of carbonyl (C=O) groups is 1. The number of para-hydroxylation sites is 1. The van der Waals surface area contributed by atoms with Crippen LogP contribution in [0.1, 0.15) is 10.4 Å². The summed E-state index contributed by atoms with van der Waals surface area (Å²) in [7, 11) is 0. The van der Waals surface area contributed by atoms with Crippen LogP contribution in [0.3, 0.4) is 0 Å². The number of carbonyl (C=O) groups excluding carboxylic acids is 1. The van der Waals surface area contributed by atoms with Crippen LogP contribution in [0.5, 0.6) is 11.5 Å². The van der Waals surface area contributed by atoms with Crippen LogP contribution in [-0.2, 0) is 0 Å². The molecule has 17 heavy (non-hydrogen) atoms. The minimum atomic E-state index is -0.433. The van der Waals surface area contributed by atoms with Crippen molar-refractivity contribution in [2.75, 3.05) is 0 Å². The standard InChI is InChI=1S/C13H9NO2S/c14-13(15)8-4-3-6-10-12(8)17-11-7-2-1-5-9(11)16-10/h1-7H,(H2,14,15). The number of primary amides is 1. The zero-order valence-corrected chi connectivity index (χ0v) is 9.66.